The van der Waals surface area contributed by atoms with Gasteiger partial charge in [-0.2, -0.15) is 18.2 Å². The van der Waals surface area contributed by atoms with Crippen LogP contribution < -0.4 is 10.2 Å². The molecule has 1 aromatic carbocycles. The van der Waals surface area contributed by atoms with Crippen LogP contribution in [0.15, 0.2) is 18.2 Å². The Morgan fingerprint density at radius 1 is 0.974 bits per heavy atom. The second kappa shape index (κ2) is 10.6. The third-order valence-corrected chi connectivity index (χ3v) is 8.09. The number of tetrazole rings is 1. The monoisotopic (exact) mass is 543 g/mol. The summed E-state index contributed by atoms with van der Waals surface area (Å²) < 4.78 is 42.5. The first-order valence-corrected chi connectivity index (χ1v) is 13.8. The lowest BCUT2D eigenvalue weighted by atomic mass is 9.95. The number of aromatic nitrogens is 6. The van der Waals surface area contributed by atoms with Crippen LogP contribution in [0.2, 0.25) is 0 Å². The highest BCUT2D eigenvalue weighted by molar-refractivity contribution is 5.91. The summed E-state index contributed by atoms with van der Waals surface area (Å²) in [5.74, 6) is 1.67. The van der Waals surface area contributed by atoms with Crippen LogP contribution in [0.4, 0.5) is 24.9 Å². The van der Waals surface area contributed by atoms with Crippen molar-refractivity contribution in [2.45, 2.75) is 70.1 Å². The molecule has 0 aliphatic carbocycles. The average molecular weight is 544 g/mol. The largest absolute Gasteiger partial charge is 0.416 e. The van der Waals surface area contributed by atoms with E-state index in [1.165, 1.54) is 6.07 Å². The minimum absolute atomic E-state index is 0.0246. The van der Waals surface area contributed by atoms with E-state index in [1.54, 1.807) is 4.68 Å². The van der Waals surface area contributed by atoms with Gasteiger partial charge in [0.2, 0.25) is 11.9 Å². The Balaban J connectivity index is 1.29. The van der Waals surface area contributed by atoms with Gasteiger partial charge in [0.25, 0.3) is 0 Å². The molecule has 6 rings (SSSR count). The number of benzene rings is 1. The zero-order chi connectivity index (χ0) is 27.0. The molecule has 2 atom stereocenters. The fourth-order valence-corrected chi connectivity index (χ4v) is 5.92. The molecule has 2 aromatic heterocycles. The number of likely N-dealkylation sites (tertiary alicyclic amines) is 1. The van der Waals surface area contributed by atoms with Gasteiger partial charge >= 0.3 is 6.18 Å². The summed E-state index contributed by atoms with van der Waals surface area (Å²) in [6, 6.07) is 3.63. The van der Waals surface area contributed by atoms with Crippen LogP contribution in [0.3, 0.4) is 0 Å². The predicted molar refractivity (Wildman–Crippen MR) is 138 cm³/mol. The van der Waals surface area contributed by atoms with Gasteiger partial charge in [-0.3, -0.25) is 4.79 Å². The molecule has 2 unspecified atom stereocenters. The van der Waals surface area contributed by atoms with Crippen molar-refractivity contribution in [3.63, 3.8) is 0 Å². The van der Waals surface area contributed by atoms with Crippen LogP contribution in [0.5, 0.6) is 0 Å². The summed E-state index contributed by atoms with van der Waals surface area (Å²) in [6.45, 7) is 3.34. The summed E-state index contributed by atoms with van der Waals surface area (Å²) in [4.78, 5) is 26.6. The Morgan fingerprint density at radius 2 is 1.82 bits per heavy atom. The van der Waals surface area contributed by atoms with Gasteiger partial charge in [-0.1, -0.05) is 0 Å². The molecule has 3 aromatic rings. The minimum Gasteiger partial charge on any atom is -0.367 e. The zero-order valence-corrected chi connectivity index (χ0v) is 21.7. The topological polar surface area (TPSA) is 105 Å². The van der Waals surface area contributed by atoms with Gasteiger partial charge in [-0.25, -0.2) is 9.67 Å². The van der Waals surface area contributed by atoms with Crippen LogP contribution in [0.25, 0.3) is 10.9 Å². The first-order chi connectivity index (χ1) is 18.8. The maximum absolute atomic E-state index is 13.6. The molecule has 0 spiro atoms. The standard InChI is InChI=1S/C26H32F3N9O/c27-26(28,29)18-6-8-20-21(15-18)31-25(32-23(20)30-19-7-9-22-33-34-35-38(22)14-10-19)37-13-4-5-17(16-37)24(39)36-11-2-1-3-12-36/h6,8,15,17,19H,1-5,7,9-14,16H2,(H,30,31,32). The highest BCUT2D eigenvalue weighted by Gasteiger charge is 2.33. The first-order valence-electron chi connectivity index (χ1n) is 13.8. The second-order valence-electron chi connectivity index (χ2n) is 10.8. The molecule has 2 saturated heterocycles. The van der Waals surface area contributed by atoms with E-state index in [9.17, 15) is 18.0 Å². The van der Waals surface area contributed by atoms with Gasteiger partial charge in [-0.05, 0) is 73.6 Å². The van der Waals surface area contributed by atoms with Crippen LogP contribution >= 0.6 is 0 Å². The van der Waals surface area contributed by atoms with E-state index in [4.69, 9.17) is 4.98 Å². The molecule has 0 bridgehead atoms. The minimum atomic E-state index is -4.48. The number of hydrogen-bond acceptors (Lipinski definition) is 8. The number of carbonyl (C=O) groups is 1. The number of rotatable bonds is 4. The highest BCUT2D eigenvalue weighted by Crippen LogP contribution is 2.34. The number of anilines is 2. The predicted octanol–water partition coefficient (Wildman–Crippen LogP) is 3.68. The smallest absolute Gasteiger partial charge is 0.367 e. The van der Waals surface area contributed by atoms with Crippen molar-refractivity contribution in [1.29, 1.82) is 0 Å². The molecular weight excluding hydrogens is 511 g/mol. The number of nitrogens with zero attached hydrogens (tertiary/aromatic N) is 8. The quantitative estimate of drug-likeness (QED) is 0.532. The molecule has 0 saturated carbocycles. The van der Waals surface area contributed by atoms with Crippen molar-refractivity contribution in [2.75, 3.05) is 36.4 Å². The Labute approximate surface area is 224 Å². The van der Waals surface area contributed by atoms with Crippen LogP contribution in [0, 0.1) is 5.92 Å². The number of carbonyl (C=O) groups excluding carboxylic acids is 1. The number of halogens is 3. The average Bonchev–Trinajstić information content (AvgIpc) is 3.32. The number of piperidine rings is 2. The van der Waals surface area contributed by atoms with Crippen molar-refractivity contribution in [3.8, 4) is 0 Å². The number of hydrogen-bond donors (Lipinski definition) is 1. The molecule has 5 heterocycles. The van der Waals surface area contributed by atoms with E-state index in [-0.39, 0.29) is 23.4 Å². The van der Waals surface area contributed by atoms with Crippen LogP contribution in [-0.2, 0) is 23.9 Å². The molecule has 3 aliphatic rings. The highest BCUT2D eigenvalue weighted by atomic mass is 19.4. The molecule has 39 heavy (non-hydrogen) atoms. The third kappa shape index (κ3) is 5.48. The molecule has 2 fully saturated rings. The van der Waals surface area contributed by atoms with E-state index < -0.39 is 11.7 Å². The lowest BCUT2D eigenvalue weighted by Gasteiger charge is -2.36. The van der Waals surface area contributed by atoms with Crippen LogP contribution in [0.1, 0.15) is 56.3 Å². The number of alkyl halides is 3. The number of nitrogens with one attached hydrogen (secondary N) is 1. The number of amides is 1. The first kappa shape index (κ1) is 25.8. The lowest BCUT2D eigenvalue weighted by molar-refractivity contribution is -0.138. The maximum Gasteiger partial charge on any atom is 0.416 e. The fourth-order valence-electron chi connectivity index (χ4n) is 5.92. The van der Waals surface area contributed by atoms with Gasteiger partial charge in [0.15, 0.2) is 5.82 Å². The van der Waals surface area contributed by atoms with Crippen LogP contribution in [-0.4, -0.2) is 73.2 Å². The Hall–Kier alpha value is -3.51. The van der Waals surface area contributed by atoms with Gasteiger partial charge in [0.1, 0.15) is 5.82 Å². The van der Waals surface area contributed by atoms with E-state index in [0.29, 0.717) is 43.2 Å². The van der Waals surface area contributed by atoms with Crippen molar-refractivity contribution in [3.05, 3.63) is 29.6 Å². The summed E-state index contributed by atoms with van der Waals surface area (Å²) in [7, 11) is 0. The molecule has 10 nitrogen and oxygen atoms in total. The molecule has 3 aliphatic heterocycles. The van der Waals surface area contributed by atoms with E-state index in [1.807, 2.05) is 9.80 Å². The van der Waals surface area contributed by atoms with Gasteiger partial charge in [-0.15, -0.1) is 5.10 Å². The van der Waals surface area contributed by atoms with Gasteiger partial charge in [0, 0.05) is 50.6 Å². The van der Waals surface area contributed by atoms with Crippen molar-refractivity contribution in [2.24, 2.45) is 5.92 Å². The molecule has 1 amide bonds. The van der Waals surface area contributed by atoms with Crippen molar-refractivity contribution >= 4 is 28.6 Å². The van der Waals surface area contributed by atoms with E-state index >= 15 is 0 Å². The Morgan fingerprint density at radius 3 is 2.64 bits per heavy atom. The van der Waals surface area contributed by atoms with Gasteiger partial charge in [0.05, 0.1) is 17.0 Å². The zero-order valence-electron chi connectivity index (χ0n) is 21.7. The normalized spacial score (nSPS) is 22.4. The summed E-state index contributed by atoms with van der Waals surface area (Å²) >= 11 is 0. The van der Waals surface area contributed by atoms with Crippen molar-refractivity contribution < 1.29 is 18.0 Å². The van der Waals surface area contributed by atoms with Gasteiger partial charge < -0.3 is 15.1 Å². The summed E-state index contributed by atoms with van der Waals surface area (Å²) in [6.07, 6.45) is 2.52. The maximum atomic E-state index is 13.6. The summed E-state index contributed by atoms with van der Waals surface area (Å²) in [5, 5.41) is 15.9. The number of fused-ring (bicyclic) bond motifs is 2. The molecule has 13 heteroatoms. The molecule has 0 radical (unpaired) electrons. The molecule has 1 N–H and O–H groups in total. The summed E-state index contributed by atoms with van der Waals surface area (Å²) in [5.41, 5.74) is -0.518. The molecular formula is C26H32F3N9O. The second-order valence-corrected chi connectivity index (χ2v) is 10.8. The molecule has 208 valence electrons. The Kier molecular flexibility index (Phi) is 6.98. The van der Waals surface area contributed by atoms with E-state index in [2.05, 4.69) is 25.8 Å². The lowest BCUT2D eigenvalue weighted by Crippen LogP contribution is -2.46. The Bertz CT molecular complexity index is 1320. The third-order valence-electron chi connectivity index (χ3n) is 8.09. The fraction of sp³-hybridized carbons (Fsp3) is 0.615. The van der Waals surface area contributed by atoms with E-state index in [0.717, 1.165) is 76.0 Å². The SMILES string of the molecule is O=C(C1CCCN(c2nc(NC3CCc4nnnn4CC3)c3ccc(C(F)(F)F)cc3n2)C1)N1CCCCC1. The van der Waals surface area contributed by atoms with Crippen molar-refractivity contribution in [1.82, 2.24) is 35.1 Å². The number of aryl methyl sites for hydroxylation is 2.